The quantitative estimate of drug-likeness (QED) is 0.479. The number of carboxylic acid groups (broad SMARTS) is 1. The molecule has 0 heterocycles. The Hall–Kier alpha value is -3.54. The van der Waals surface area contributed by atoms with E-state index in [2.05, 4.69) is 5.11 Å². The van der Waals surface area contributed by atoms with Gasteiger partial charge in [-0.15, -0.1) is 0 Å². The standard InChI is InChI=1S/C19H14N2O4/c20-21-17(18(23)11-5-7-12(22)8-6-11)15-9-10-16(19(24)25)14-4-2-1-3-13(14)15/h1-10,17,20,22H,(H,24,25). The average molecular weight is 334 g/mol. The molecule has 0 amide bonds. The second-order valence-electron chi connectivity index (χ2n) is 5.50. The summed E-state index contributed by atoms with van der Waals surface area (Å²) >= 11 is 0. The van der Waals surface area contributed by atoms with Gasteiger partial charge in [0.05, 0.1) is 5.56 Å². The molecule has 1 atom stereocenters. The Balaban J connectivity index is 2.15. The molecule has 0 saturated carbocycles. The number of carbonyl (C=O) groups is 2. The predicted octanol–water partition coefficient (Wildman–Crippen LogP) is 4.20. The van der Waals surface area contributed by atoms with Gasteiger partial charge in [0.15, 0.2) is 11.8 Å². The van der Waals surface area contributed by atoms with Crippen molar-refractivity contribution in [2.75, 3.05) is 0 Å². The SMILES string of the molecule is N=NC(C(=O)c1ccc(O)cc1)c1ccc(C(=O)O)c2ccccc12. The Kier molecular flexibility index (Phi) is 4.26. The number of phenols is 1. The second-order valence-corrected chi connectivity index (χ2v) is 5.50. The molecule has 0 saturated heterocycles. The van der Waals surface area contributed by atoms with E-state index < -0.39 is 17.8 Å². The molecule has 3 aromatic carbocycles. The number of carbonyl (C=O) groups excluding carboxylic acids is 1. The van der Waals surface area contributed by atoms with Gasteiger partial charge in [0.2, 0.25) is 0 Å². The minimum absolute atomic E-state index is 0.0344. The molecule has 0 aliphatic carbocycles. The number of aromatic carboxylic acids is 1. The molecule has 1 unspecified atom stereocenters. The number of phenolic OH excluding ortho intramolecular Hbond substituents is 1. The van der Waals surface area contributed by atoms with Crippen LogP contribution in [0.3, 0.4) is 0 Å². The van der Waals surface area contributed by atoms with Gasteiger partial charge < -0.3 is 10.2 Å². The lowest BCUT2D eigenvalue weighted by molar-refractivity contribution is 0.0699. The number of nitrogens with zero attached hydrogens (tertiary/aromatic N) is 1. The van der Waals surface area contributed by atoms with Crippen molar-refractivity contribution >= 4 is 22.5 Å². The van der Waals surface area contributed by atoms with Crippen LogP contribution in [0.1, 0.15) is 32.3 Å². The maximum atomic E-state index is 12.7. The van der Waals surface area contributed by atoms with E-state index in [4.69, 9.17) is 5.53 Å². The Labute approximate surface area is 142 Å². The number of carboxylic acids is 1. The van der Waals surface area contributed by atoms with Crippen molar-refractivity contribution in [1.29, 1.82) is 5.53 Å². The number of rotatable bonds is 5. The highest BCUT2D eigenvalue weighted by Gasteiger charge is 2.24. The molecule has 0 radical (unpaired) electrons. The first-order valence-electron chi connectivity index (χ1n) is 7.47. The number of hydrogen-bond donors (Lipinski definition) is 3. The largest absolute Gasteiger partial charge is 0.508 e. The summed E-state index contributed by atoms with van der Waals surface area (Å²) in [6, 6.07) is 14.4. The molecule has 124 valence electrons. The van der Waals surface area contributed by atoms with Crippen LogP contribution < -0.4 is 0 Å². The molecular weight excluding hydrogens is 320 g/mol. The molecule has 3 rings (SSSR count). The summed E-state index contributed by atoms with van der Waals surface area (Å²) in [7, 11) is 0. The van der Waals surface area contributed by atoms with E-state index in [0.29, 0.717) is 21.9 Å². The third-order valence-corrected chi connectivity index (χ3v) is 4.01. The molecule has 3 aromatic rings. The molecule has 3 N–H and O–H groups in total. The van der Waals surface area contributed by atoms with Crippen LogP contribution in [0.2, 0.25) is 0 Å². The Morgan fingerprint density at radius 2 is 1.56 bits per heavy atom. The summed E-state index contributed by atoms with van der Waals surface area (Å²) in [5.41, 5.74) is 8.37. The fourth-order valence-corrected chi connectivity index (χ4v) is 2.80. The van der Waals surface area contributed by atoms with Gasteiger partial charge in [-0.25, -0.2) is 10.3 Å². The number of fused-ring (bicyclic) bond motifs is 1. The monoisotopic (exact) mass is 334 g/mol. The van der Waals surface area contributed by atoms with Gasteiger partial charge in [0.1, 0.15) is 5.75 Å². The van der Waals surface area contributed by atoms with Crippen LogP contribution in [0.5, 0.6) is 5.75 Å². The van der Waals surface area contributed by atoms with Crippen molar-refractivity contribution in [3.8, 4) is 5.75 Å². The minimum atomic E-state index is -1.09. The van der Waals surface area contributed by atoms with Crippen molar-refractivity contribution < 1.29 is 19.8 Å². The molecule has 6 nitrogen and oxygen atoms in total. The van der Waals surface area contributed by atoms with E-state index >= 15 is 0 Å². The number of hydrogen-bond acceptors (Lipinski definition) is 5. The number of benzene rings is 3. The third-order valence-electron chi connectivity index (χ3n) is 4.01. The van der Waals surface area contributed by atoms with Crippen molar-refractivity contribution in [1.82, 2.24) is 0 Å². The first-order chi connectivity index (χ1) is 12.0. The number of aromatic hydroxyl groups is 1. The predicted molar refractivity (Wildman–Crippen MR) is 91.2 cm³/mol. The van der Waals surface area contributed by atoms with Crippen LogP contribution >= 0.6 is 0 Å². The van der Waals surface area contributed by atoms with Crippen molar-refractivity contribution in [2.45, 2.75) is 6.04 Å². The zero-order valence-electron chi connectivity index (χ0n) is 13.0. The smallest absolute Gasteiger partial charge is 0.336 e. The zero-order chi connectivity index (χ0) is 18.0. The number of ketones is 1. The normalized spacial score (nSPS) is 11.8. The fraction of sp³-hybridized carbons (Fsp3) is 0.0526. The van der Waals surface area contributed by atoms with Crippen molar-refractivity contribution in [3.63, 3.8) is 0 Å². The van der Waals surface area contributed by atoms with Crippen LogP contribution in [-0.2, 0) is 0 Å². The van der Waals surface area contributed by atoms with Gasteiger partial charge in [-0.2, -0.15) is 5.11 Å². The Bertz CT molecular complexity index is 980. The topological polar surface area (TPSA) is 111 Å². The molecule has 0 fully saturated rings. The Morgan fingerprint density at radius 1 is 0.920 bits per heavy atom. The molecule has 6 heteroatoms. The third kappa shape index (κ3) is 2.97. The van der Waals surface area contributed by atoms with E-state index in [1.165, 1.54) is 36.4 Å². The van der Waals surface area contributed by atoms with E-state index in [9.17, 15) is 19.8 Å². The van der Waals surface area contributed by atoms with Gasteiger partial charge >= 0.3 is 5.97 Å². The molecule has 0 aliphatic rings. The average Bonchev–Trinajstić information content (AvgIpc) is 2.62. The first kappa shape index (κ1) is 16.3. The highest BCUT2D eigenvalue weighted by atomic mass is 16.4. The maximum Gasteiger partial charge on any atom is 0.336 e. The summed E-state index contributed by atoms with van der Waals surface area (Å²) in [5.74, 6) is -1.43. The van der Waals surface area contributed by atoms with Crippen LogP contribution in [0.15, 0.2) is 65.8 Å². The van der Waals surface area contributed by atoms with Gasteiger partial charge in [0, 0.05) is 5.56 Å². The first-order valence-corrected chi connectivity index (χ1v) is 7.47. The number of Topliss-reactive ketones (excluding diaryl/α,β-unsaturated/α-hetero) is 1. The molecule has 0 spiro atoms. The second kappa shape index (κ2) is 6.52. The lowest BCUT2D eigenvalue weighted by atomic mass is 9.91. The van der Waals surface area contributed by atoms with Crippen molar-refractivity contribution in [2.24, 2.45) is 5.11 Å². The highest BCUT2D eigenvalue weighted by Crippen LogP contribution is 2.31. The minimum Gasteiger partial charge on any atom is -0.508 e. The van der Waals surface area contributed by atoms with E-state index in [1.54, 1.807) is 24.3 Å². The highest BCUT2D eigenvalue weighted by molar-refractivity contribution is 6.08. The molecule has 0 aliphatic heterocycles. The van der Waals surface area contributed by atoms with Gasteiger partial charge in [-0.1, -0.05) is 30.3 Å². The summed E-state index contributed by atoms with van der Waals surface area (Å²) in [4.78, 5) is 24.1. The lowest BCUT2D eigenvalue weighted by Crippen LogP contribution is -2.11. The fourth-order valence-electron chi connectivity index (χ4n) is 2.80. The molecular formula is C19H14N2O4. The van der Waals surface area contributed by atoms with Crippen LogP contribution in [-0.4, -0.2) is 22.0 Å². The molecule has 0 bridgehead atoms. The van der Waals surface area contributed by atoms with Gasteiger partial charge in [0.25, 0.3) is 0 Å². The summed E-state index contributed by atoms with van der Waals surface area (Å²) in [6.07, 6.45) is 0. The van der Waals surface area contributed by atoms with Crippen LogP contribution in [0.25, 0.3) is 10.8 Å². The summed E-state index contributed by atoms with van der Waals surface area (Å²) in [5, 5.41) is 23.2. The van der Waals surface area contributed by atoms with Gasteiger partial charge in [-0.3, -0.25) is 4.79 Å². The molecule has 0 aromatic heterocycles. The maximum absolute atomic E-state index is 12.7. The zero-order valence-corrected chi connectivity index (χ0v) is 13.0. The van der Waals surface area contributed by atoms with E-state index in [0.717, 1.165) is 0 Å². The van der Waals surface area contributed by atoms with E-state index in [-0.39, 0.29) is 11.3 Å². The number of nitrogens with one attached hydrogen (secondary N) is 1. The lowest BCUT2D eigenvalue weighted by Gasteiger charge is -2.14. The van der Waals surface area contributed by atoms with Crippen LogP contribution in [0.4, 0.5) is 0 Å². The molecule has 25 heavy (non-hydrogen) atoms. The van der Waals surface area contributed by atoms with Crippen molar-refractivity contribution in [3.05, 3.63) is 77.4 Å². The summed E-state index contributed by atoms with van der Waals surface area (Å²) < 4.78 is 0. The Morgan fingerprint density at radius 3 is 2.16 bits per heavy atom. The summed E-state index contributed by atoms with van der Waals surface area (Å²) in [6.45, 7) is 0. The van der Waals surface area contributed by atoms with E-state index in [1.807, 2.05) is 0 Å². The van der Waals surface area contributed by atoms with Crippen LogP contribution in [0, 0.1) is 5.53 Å². The van der Waals surface area contributed by atoms with Gasteiger partial charge in [-0.05, 0) is 46.7 Å².